The van der Waals surface area contributed by atoms with Crippen molar-refractivity contribution in [2.75, 3.05) is 11.1 Å². The van der Waals surface area contributed by atoms with Crippen molar-refractivity contribution in [2.24, 2.45) is 0 Å². The molecule has 1 rings (SSSR count). The average Bonchev–Trinajstić information content (AvgIpc) is 2.05. The SMILES string of the molecule is CC(C)(C)Nc1nccc(C(=O)O)c1N. The van der Waals surface area contributed by atoms with Crippen molar-refractivity contribution in [1.29, 1.82) is 0 Å². The number of carboxylic acid groups (broad SMARTS) is 1. The number of nitrogens with two attached hydrogens (primary N) is 1. The van der Waals surface area contributed by atoms with Gasteiger partial charge in [0.25, 0.3) is 0 Å². The maximum absolute atomic E-state index is 10.8. The number of carbonyl (C=O) groups is 1. The number of aromatic carboxylic acids is 1. The number of aromatic nitrogens is 1. The molecule has 1 aromatic rings. The molecule has 5 nitrogen and oxygen atoms in total. The van der Waals surface area contributed by atoms with E-state index in [1.165, 1.54) is 12.3 Å². The van der Waals surface area contributed by atoms with Crippen LogP contribution in [0.3, 0.4) is 0 Å². The summed E-state index contributed by atoms with van der Waals surface area (Å²) in [6.07, 6.45) is 1.42. The molecule has 0 atom stereocenters. The van der Waals surface area contributed by atoms with Crippen molar-refractivity contribution in [3.8, 4) is 0 Å². The van der Waals surface area contributed by atoms with Gasteiger partial charge in [-0.05, 0) is 26.8 Å². The van der Waals surface area contributed by atoms with Gasteiger partial charge < -0.3 is 16.2 Å². The van der Waals surface area contributed by atoms with Crippen LogP contribution in [0.25, 0.3) is 0 Å². The lowest BCUT2D eigenvalue weighted by Gasteiger charge is -2.22. The minimum absolute atomic E-state index is 0.0664. The van der Waals surface area contributed by atoms with Gasteiger partial charge in [0.2, 0.25) is 0 Å². The lowest BCUT2D eigenvalue weighted by atomic mass is 10.1. The van der Waals surface area contributed by atoms with Crippen LogP contribution in [0.15, 0.2) is 12.3 Å². The van der Waals surface area contributed by atoms with Gasteiger partial charge in [-0.15, -0.1) is 0 Å². The summed E-state index contributed by atoms with van der Waals surface area (Å²) < 4.78 is 0. The molecule has 0 fully saturated rings. The Morgan fingerprint density at radius 2 is 2.13 bits per heavy atom. The van der Waals surface area contributed by atoms with Gasteiger partial charge in [-0.2, -0.15) is 0 Å². The first kappa shape index (κ1) is 11.3. The zero-order valence-corrected chi connectivity index (χ0v) is 9.03. The Balaban J connectivity index is 3.10. The van der Waals surface area contributed by atoms with Gasteiger partial charge >= 0.3 is 5.97 Å². The van der Waals surface area contributed by atoms with Crippen molar-refractivity contribution >= 4 is 17.5 Å². The van der Waals surface area contributed by atoms with Crippen LogP contribution in [0, 0.1) is 0 Å². The molecule has 1 heterocycles. The quantitative estimate of drug-likeness (QED) is 0.688. The first-order valence-electron chi connectivity index (χ1n) is 4.57. The molecule has 82 valence electrons. The van der Waals surface area contributed by atoms with Crippen LogP contribution in [0.1, 0.15) is 31.1 Å². The zero-order valence-electron chi connectivity index (χ0n) is 9.03. The zero-order chi connectivity index (χ0) is 11.6. The smallest absolute Gasteiger partial charge is 0.337 e. The minimum atomic E-state index is -1.05. The molecule has 0 spiro atoms. The molecule has 0 aliphatic carbocycles. The summed E-state index contributed by atoms with van der Waals surface area (Å²) >= 11 is 0. The minimum Gasteiger partial charge on any atom is -0.478 e. The van der Waals surface area contributed by atoms with E-state index in [-0.39, 0.29) is 16.8 Å². The normalized spacial score (nSPS) is 11.1. The van der Waals surface area contributed by atoms with Crippen molar-refractivity contribution in [2.45, 2.75) is 26.3 Å². The predicted octanol–water partition coefficient (Wildman–Crippen LogP) is 1.57. The van der Waals surface area contributed by atoms with Gasteiger partial charge in [-0.1, -0.05) is 0 Å². The molecule has 0 bridgehead atoms. The second-order valence-corrected chi connectivity index (χ2v) is 4.30. The molecule has 0 aliphatic heterocycles. The number of rotatable bonds is 2. The van der Waals surface area contributed by atoms with E-state index >= 15 is 0 Å². The largest absolute Gasteiger partial charge is 0.478 e. The van der Waals surface area contributed by atoms with Crippen LogP contribution >= 0.6 is 0 Å². The van der Waals surface area contributed by atoms with E-state index in [1.54, 1.807) is 0 Å². The van der Waals surface area contributed by atoms with Crippen LogP contribution in [0.4, 0.5) is 11.5 Å². The van der Waals surface area contributed by atoms with E-state index in [0.29, 0.717) is 5.82 Å². The monoisotopic (exact) mass is 209 g/mol. The fourth-order valence-electron chi connectivity index (χ4n) is 1.11. The van der Waals surface area contributed by atoms with Crippen molar-refractivity contribution < 1.29 is 9.90 Å². The molecule has 0 unspecified atom stereocenters. The Morgan fingerprint density at radius 1 is 1.53 bits per heavy atom. The molecular formula is C10H15N3O2. The molecule has 0 saturated carbocycles. The van der Waals surface area contributed by atoms with E-state index in [4.69, 9.17) is 10.8 Å². The Labute approximate surface area is 88.3 Å². The third-order valence-electron chi connectivity index (χ3n) is 1.71. The number of nitrogen functional groups attached to an aromatic ring is 1. The van der Waals surface area contributed by atoms with Gasteiger partial charge in [-0.25, -0.2) is 9.78 Å². The summed E-state index contributed by atoms with van der Waals surface area (Å²) in [4.78, 5) is 14.8. The Hall–Kier alpha value is -1.78. The van der Waals surface area contributed by atoms with E-state index in [9.17, 15) is 4.79 Å². The van der Waals surface area contributed by atoms with Gasteiger partial charge in [0.05, 0.1) is 11.3 Å². The van der Waals surface area contributed by atoms with Crippen LogP contribution in [-0.4, -0.2) is 21.6 Å². The maximum Gasteiger partial charge on any atom is 0.337 e. The number of pyridine rings is 1. The highest BCUT2D eigenvalue weighted by molar-refractivity contribution is 5.96. The fraction of sp³-hybridized carbons (Fsp3) is 0.400. The molecule has 1 aromatic heterocycles. The number of nitrogens with zero attached hydrogens (tertiary/aromatic N) is 1. The number of hydrogen-bond acceptors (Lipinski definition) is 4. The summed E-state index contributed by atoms with van der Waals surface area (Å²) in [5.41, 5.74) is 5.71. The second-order valence-electron chi connectivity index (χ2n) is 4.30. The number of nitrogens with one attached hydrogen (secondary N) is 1. The van der Waals surface area contributed by atoms with Crippen molar-refractivity contribution in [1.82, 2.24) is 4.98 Å². The predicted molar refractivity (Wildman–Crippen MR) is 59.0 cm³/mol. The van der Waals surface area contributed by atoms with Crippen LogP contribution < -0.4 is 11.1 Å². The van der Waals surface area contributed by atoms with Gasteiger partial charge in [-0.3, -0.25) is 0 Å². The van der Waals surface area contributed by atoms with Gasteiger partial charge in [0.1, 0.15) is 5.82 Å². The fourth-order valence-corrected chi connectivity index (χ4v) is 1.11. The summed E-state index contributed by atoms with van der Waals surface area (Å²) in [6.45, 7) is 5.84. The Bertz CT molecular complexity index is 383. The maximum atomic E-state index is 10.8. The van der Waals surface area contributed by atoms with E-state index < -0.39 is 5.97 Å². The van der Waals surface area contributed by atoms with E-state index in [1.807, 2.05) is 20.8 Å². The first-order valence-corrected chi connectivity index (χ1v) is 4.57. The lowest BCUT2D eigenvalue weighted by molar-refractivity contribution is 0.0698. The Kier molecular flexibility index (Phi) is 2.83. The lowest BCUT2D eigenvalue weighted by Crippen LogP contribution is -2.27. The third kappa shape index (κ3) is 2.83. The molecule has 0 aliphatic rings. The highest BCUT2D eigenvalue weighted by Gasteiger charge is 2.16. The van der Waals surface area contributed by atoms with E-state index in [2.05, 4.69) is 10.3 Å². The topological polar surface area (TPSA) is 88.2 Å². The molecule has 4 N–H and O–H groups in total. The summed E-state index contributed by atoms with van der Waals surface area (Å²) in [7, 11) is 0. The first-order chi connectivity index (χ1) is 6.81. The van der Waals surface area contributed by atoms with Gasteiger partial charge in [0, 0.05) is 11.7 Å². The molecule has 0 amide bonds. The molecular weight excluding hydrogens is 194 g/mol. The van der Waals surface area contributed by atoms with Crippen LogP contribution in [-0.2, 0) is 0 Å². The highest BCUT2D eigenvalue weighted by Crippen LogP contribution is 2.22. The standard InChI is InChI=1S/C10H15N3O2/c1-10(2,3)13-8-7(11)6(9(14)15)4-5-12-8/h4-5H,11H2,1-3H3,(H,12,13)(H,14,15). The second kappa shape index (κ2) is 3.76. The number of anilines is 2. The Morgan fingerprint density at radius 3 is 2.60 bits per heavy atom. The molecule has 0 saturated heterocycles. The highest BCUT2D eigenvalue weighted by atomic mass is 16.4. The summed E-state index contributed by atoms with van der Waals surface area (Å²) in [6, 6.07) is 1.38. The average molecular weight is 209 g/mol. The molecule has 0 radical (unpaired) electrons. The third-order valence-corrected chi connectivity index (χ3v) is 1.71. The van der Waals surface area contributed by atoms with Crippen LogP contribution in [0.5, 0.6) is 0 Å². The summed E-state index contributed by atoms with van der Waals surface area (Å²) in [5.74, 6) is -0.644. The summed E-state index contributed by atoms with van der Waals surface area (Å²) in [5, 5.41) is 11.9. The molecule has 0 aromatic carbocycles. The van der Waals surface area contributed by atoms with Crippen molar-refractivity contribution in [3.63, 3.8) is 0 Å². The number of hydrogen-bond donors (Lipinski definition) is 3. The van der Waals surface area contributed by atoms with Gasteiger partial charge in [0.15, 0.2) is 0 Å². The van der Waals surface area contributed by atoms with Crippen LogP contribution in [0.2, 0.25) is 0 Å². The van der Waals surface area contributed by atoms with Crippen molar-refractivity contribution in [3.05, 3.63) is 17.8 Å². The molecule has 5 heteroatoms. The van der Waals surface area contributed by atoms with E-state index in [0.717, 1.165) is 0 Å². The molecule has 15 heavy (non-hydrogen) atoms. The number of carboxylic acids is 1.